The number of thiocarbonyl (C=S) groups is 1. The third-order valence-corrected chi connectivity index (χ3v) is 6.43. The smallest absolute Gasteiger partial charge is 0.170 e. The Hall–Kier alpha value is -3.51. The molecule has 32 heavy (non-hydrogen) atoms. The molecule has 1 aliphatic rings. The third-order valence-electron chi connectivity index (χ3n) is 6.08. The second-order valence-corrected chi connectivity index (χ2v) is 8.50. The monoisotopic (exact) mass is 439 g/mol. The Morgan fingerprint density at radius 1 is 0.969 bits per heavy atom. The molecule has 0 saturated carbocycles. The van der Waals surface area contributed by atoms with Crippen molar-refractivity contribution in [2.24, 2.45) is 0 Å². The van der Waals surface area contributed by atoms with Crippen LogP contribution in [0.2, 0.25) is 0 Å². The van der Waals surface area contributed by atoms with Crippen molar-refractivity contribution in [2.75, 3.05) is 0 Å². The maximum Gasteiger partial charge on any atom is 0.170 e. The molecule has 3 aromatic heterocycles. The van der Waals surface area contributed by atoms with Crippen molar-refractivity contribution < 1.29 is 0 Å². The van der Waals surface area contributed by atoms with E-state index in [1.165, 1.54) is 17.0 Å². The van der Waals surface area contributed by atoms with Crippen molar-refractivity contribution in [3.63, 3.8) is 0 Å². The van der Waals surface area contributed by atoms with Crippen molar-refractivity contribution in [2.45, 2.75) is 32.5 Å². The van der Waals surface area contributed by atoms with Gasteiger partial charge in [-0.2, -0.15) is 0 Å². The van der Waals surface area contributed by atoms with Crippen molar-refractivity contribution in [1.82, 2.24) is 24.8 Å². The molecule has 2 unspecified atom stereocenters. The van der Waals surface area contributed by atoms with Crippen molar-refractivity contribution in [1.29, 1.82) is 0 Å². The van der Waals surface area contributed by atoms with Gasteiger partial charge >= 0.3 is 0 Å². The van der Waals surface area contributed by atoms with E-state index in [1.807, 2.05) is 36.7 Å². The number of pyridine rings is 2. The van der Waals surface area contributed by atoms with Gasteiger partial charge in [0, 0.05) is 42.2 Å². The molecule has 0 spiro atoms. The van der Waals surface area contributed by atoms with E-state index < -0.39 is 0 Å². The van der Waals surface area contributed by atoms with Crippen LogP contribution < -0.4 is 5.32 Å². The first-order valence-electron chi connectivity index (χ1n) is 10.7. The molecular weight excluding hydrogens is 414 g/mol. The van der Waals surface area contributed by atoms with E-state index in [0.717, 1.165) is 22.1 Å². The van der Waals surface area contributed by atoms with Crippen LogP contribution in [0.25, 0.3) is 5.69 Å². The van der Waals surface area contributed by atoms with Crippen molar-refractivity contribution in [3.8, 4) is 5.69 Å². The number of nitrogens with one attached hydrogen (secondary N) is 1. The van der Waals surface area contributed by atoms with Gasteiger partial charge in [-0.15, -0.1) is 0 Å². The molecule has 0 aliphatic carbocycles. The number of nitrogens with zero attached hydrogens (tertiary/aromatic N) is 4. The quantitative estimate of drug-likeness (QED) is 0.441. The van der Waals surface area contributed by atoms with Crippen LogP contribution in [-0.4, -0.2) is 24.5 Å². The summed E-state index contributed by atoms with van der Waals surface area (Å²) in [5, 5.41) is 4.29. The minimum atomic E-state index is -0.0369. The van der Waals surface area contributed by atoms with Gasteiger partial charge in [-0.1, -0.05) is 30.3 Å². The number of benzene rings is 1. The van der Waals surface area contributed by atoms with E-state index in [0.29, 0.717) is 6.54 Å². The lowest BCUT2D eigenvalue weighted by Gasteiger charge is -2.28. The normalized spacial score (nSPS) is 18.1. The molecule has 6 heteroatoms. The van der Waals surface area contributed by atoms with E-state index >= 15 is 0 Å². The third kappa shape index (κ3) is 3.67. The van der Waals surface area contributed by atoms with Crippen molar-refractivity contribution in [3.05, 3.63) is 114 Å². The predicted octanol–water partition coefficient (Wildman–Crippen LogP) is 5.06. The molecule has 0 radical (unpaired) electrons. The molecule has 1 aliphatic heterocycles. The number of para-hydroxylation sites is 1. The van der Waals surface area contributed by atoms with E-state index in [2.05, 4.69) is 81.1 Å². The molecule has 0 bridgehead atoms. The molecule has 160 valence electrons. The van der Waals surface area contributed by atoms with Crippen LogP contribution in [0.15, 0.2) is 85.3 Å². The summed E-state index contributed by atoms with van der Waals surface area (Å²) in [4.78, 5) is 11.2. The van der Waals surface area contributed by atoms with E-state index in [9.17, 15) is 0 Å². The summed E-state index contributed by atoms with van der Waals surface area (Å²) in [6, 6.07) is 22.8. The first-order valence-corrected chi connectivity index (χ1v) is 11.2. The first-order chi connectivity index (χ1) is 15.6. The van der Waals surface area contributed by atoms with Gasteiger partial charge in [0.2, 0.25) is 0 Å². The van der Waals surface area contributed by atoms with E-state index in [1.54, 1.807) is 6.20 Å². The van der Waals surface area contributed by atoms with Gasteiger partial charge in [0.05, 0.1) is 17.8 Å². The Labute approximate surface area is 193 Å². The highest BCUT2D eigenvalue weighted by Crippen LogP contribution is 2.42. The zero-order chi connectivity index (χ0) is 22.1. The van der Waals surface area contributed by atoms with Crippen LogP contribution in [0.1, 0.15) is 40.3 Å². The molecule has 5 rings (SSSR count). The van der Waals surface area contributed by atoms with Gasteiger partial charge in [-0.3, -0.25) is 9.97 Å². The SMILES string of the molecule is Cc1cc(C2C(c3ccccn3)NC(=S)N2Cc2cccnc2)c(C)n1-c1ccccc1. The highest BCUT2D eigenvalue weighted by molar-refractivity contribution is 7.80. The van der Waals surface area contributed by atoms with Crippen molar-refractivity contribution >= 4 is 17.3 Å². The fraction of sp³-hybridized carbons (Fsp3) is 0.192. The Kier molecular flexibility index (Phi) is 5.45. The minimum Gasteiger partial charge on any atom is -0.352 e. The molecule has 4 heterocycles. The maximum atomic E-state index is 5.83. The number of rotatable bonds is 5. The van der Waals surface area contributed by atoms with Gasteiger partial charge in [-0.05, 0) is 73.6 Å². The summed E-state index contributed by atoms with van der Waals surface area (Å²) in [5.41, 5.74) is 6.93. The van der Waals surface area contributed by atoms with Crippen LogP contribution in [0.3, 0.4) is 0 Å². The van der Waals surface area contributed by atoms with Gasteiger partial charge in [0.25, 0.3) is 0 Å². The minimum absolute atomic E-state index is 0.0151. The summed E-state index contributed by atoms with van der Waals surface area (Å²) in [6.07, 6.45) is 5.54. The summed E-state index contributed by atoms with van der Waals surface area (Å²) >= 11 is 5.83. The summed E-state index contributed by atoms with van der Waals surface area (Å²) in [6.45, 7) is 5.03. The highest BCUT2D eigenvalue weighted by Gasteiger charge is 2.41. The van der Waals surface area contributed by atoms with Gasteiger partial charge in [0.1, 0.15) is 0 Å². The number of hydrogen-bond acceptors (Lipinski definition) is 3. The second-order valence-electron chi connectivity index (χ2n) is 8.11. The van der Waals surface area contributed by atoms with Gasteiger partial charge in [-0.25, -0.2) is 0 Å². The summed E-state index contributed by atoms with van der Waals surface area (Å²) in [5.74, 6) is 0. The van der Waals surface area contributed by atoms with Gasteiger partial charge in [0.15, 0.2) is 5.11 Å². The van der Waals surface area contributed by atoms with Crippen LogP contribution in [0.5, 0.6) is 0 Å². The highest BCUT2D eigenvalue weighted by atomic mass is 32.1. The first kappa shape index (κ1) is 20.4. The lowest BCUT2D eigenvalue weighted by Crippen LogP contribution is -2.29. The fourth-order valence-corrected chi connectivity index (χ4v) is 4.97. The number of aromatic nitrogens is 3. The van der Waals surface area contributed by atoms with E-state index in [-0.39, 0.29) is 12.1 Å². The Morgan fingerprint density at radius 3 is 2.50 bits per heavy atom. The van der Waals surface area contributed by atoms with E-state index in [4.69, 9.17) is 12.2 Å². The Morgan fingerprint density at radius 2 is 1.78 bits per heavy atom. The predicted molar refractivity (Wildman–Crippen MR) is 130 cm³/mol. The maximum absolute atomic E-state index is 5.83. The molecule has 1 fully saturated rings. The molecule has 2 atom stereocenters. The summed E-state index contributed by atoms with van der Waals surface area (Å²) < 4.78 is 2.31. The Balaban J connectivity index is 1.62. The fourth-order valence-electron chi connectivity index (χ4n) is 4.66. The molecule has 0 amide bonds. The van der Waals surface area contributed by atoms with Crippen LogP contribution in [0, 0.1) is 13.8 Å². The lowest BCUT2D eigenvalue weighted by molar-refractivity contribution is 0.310. The average molecular weight is 440 g/mol. The van der Waals surface area contributed by atoms with Crippen LogP contribution in [0.4, 0.5) is 0 Å². The summed E-state index contributed by atoms with van der Waals surface area (Å²) in [7, 11) is 0. The molecule has 1 aromatic carbocycles. The average Bonchev–Trinajstić information content (AvgIpc) is 3.30. The lowest BCUT2D eigenvalue weighted by atomic mass is 9.96. The Bertz CT molecular complexity index is 1220. The van der Waals surface area contributed by atoms with Crippen LogP contribution in [-0.2, 0) is 6.54 Å². The molecule has 1 N–H and O–H groups in total. The number of aryl methyl sites for hydroxylation is 1. The molecular formula is C26H25N5S. The zero-order valence-corrected chi connectivity index (χ0v) is 19.0. The van der Waals surface area contributed by atoms with Gasteiger partial charge < -0.3 is 14.8 Å². The largest absolute Gasteiger partial charge is 0.352 e. The van der Waals surface area contributed by atoms with Crippen LogP contribution >= 0.6 is 12.2 Å². The molecule has 5 nitrogen and oxygen atoms in total. The number of hydrogen-bond donors (Lipinski definition) is 1. The molecule has 1 saturated heterocycles. The standard InChI is InChI=1S/C26H25N5S/c1-18-15-22(19(2)31(18)21-10-4-3-5-11-21)25-24(23-12-6-7-14-28-23)29-26(32)30(25)17-20-9-8-13-27-16-20/h3-16,24-25H,17H2,1-2H3,(H,29,32). The zero-order valence-electron chi connectivity index (χ0n) is 18.1. The topological polar surface area (TPSA) is 46.0 Å². The second kappa shape index (κ2) is 8.55. The molecule has 4 aromatic rings.